The predicted molar refractivity (Wildman–Crippen MR) is 98.1 cm³/mol. The molecule has 0 atom stereocenters. The van der Waals surface area contributed by atoms with Crippen LogP contribution in [-0.2, 0) is 11.8 Å². The zero-order valence-corrected chi connectivity index (χ0v) is 15.3. The highest BCUT2D eigenvalue weighted by atomic mass is 35.5. The minimum atomic E-state index is -0.951. The van der Waals surface area contributed by atoms with Crippen LogP contribution in [0.2, 0.25) is 5.15 Å². The number of hydrogen-bond donors (Lipinski definition) is 1. The minimum absolute atomic E-state index is 0.341. The molecule has 0 bridgehead atoms. The molecular weight excluding hydrogens is 382 g/mol. The molecular formula is C17H13ClF2N4OS. The standard InChI is InChI=1S/C17H13ClF2N4OS/c1-9-11(16(18)24(2)23-9)4-6-15(25)22-17-21-14(8-26-17)10-3-5-12(19)13(20)7-10/h3-8H,1-2H3,(H,21,22,25)/b6-4+. The lowest BCUT2D eigenvalue weighted by atomic mass is 10.2. The van der Waals surface area contributed by atoms with Crippen molar-refractivity contribution in [3.8, 4) is 11.3 Å². The second kappa shape index (κ2) is 7.35. The van der Waals surface area contributed by atoms with E-state index in [1.165, 1.54) is 28.2 Å². The number of hydrogen-bond acceptors (Lipinski definition) is 4. The number of carbonyl (C=O) groups excluding carboxylic acids is 1. The molecule has 0 unspecified atom stereocenters. The molecule has 3 aromatic rings. The molecule has 1 aromatic carbocycles. The summed E-state index contributed by atoms with van der Waals surface area (Å²) in [6, 6.07) is 3.51. The van der Waals surface area contributed by atoms with Crippen LogP contribution < -0.4 is 5.32 Å². The smallest absolute Gasteiger partial charge is 0.250 e. The van der Waals surface area contributed by atoms with Crippen LogP contribution in [-0.4, -0.2) is 20.7 Å². The molecule has 3 rings (SSSR count). The van der Waals surface area contributed by atoms with Crippen molar-refractivity contribution in [1.29, 1.82) is 0 Å². The van der Waals surface area contributed by atoms with Gasteiger partial charge in [-0.25, -0.2) is 13.8 Å². The number of thiazole rings is 1. The average Bonchev–Trinajstić information content (AvgIpc) is 3.14. The van der Waals surface area contributed by atoms with Crippen LogP contribution in [0.1, 0.15) is 11.3 Å². The maximum atomic E-state index is 13.3. The number of benzene rings is 1. The van der Waals surface area contributed by atoms with E-state index in [0.29, 0.717) is 32.8 Å². The van der Waals surface area contributed by atoms with Crippen LogP contribution in [0, 0.1) is 18.6 Å². The third-order valence-corrected chi connectivity index (χ3v) is 4.75. The number of anilines is 1. The molecule has 0 spiro atoms. The second-order valence-corrected chi connectivity index (χ2v) is 6.62. The maximum absolute atomic E-state index is 13.3. The number of aromatic nitrogens is 3. The maximum Gasteiger partial charge on any atom is 0.250 e. The van der Waals surface area contributed by atoms with Crippen LogP contribution in [0.5, 0.6) is 0 Å². The summed E-state index contributed by atoms with van der Waals surface area (Å²) in [4.78, 5) is 16.3. The largest absolute Gasteiger partial charge is 0.298 e. The zero-order valence-electron chi connectivity index (χ0n) is 13.8. The molecule has 0 saturated carbocycles. The predicted octanol–water partition coefficient (Wildman–Crippen LogP) is 4.44. The molecule has 2 heterocycles. The van der Waals surface area contributed by atoms with Crippen molar-refractivity contribution in [2.45, 2.75) is 6.92 Å². The first-order valence-electron chi connectivity index (χ1n) is 7.44. The van der Waals surface area contributed by atoms with Crippen molar-refractivity contribution in [2.75, 3.05) is 5.32 Å². The number of nitrogens with one attached hydrogen (secondary N) is 1. The summed E-state index contributed by atoms with van der Waals surface area (Å²) in [5, 5.41) is 9.19. The topological polar surface area (TPSA) is 59.8 Å². The second-order valence-electron chi connectivity index (χ2n) is 5.40. The Morgan fingerprint density at radius 3 is 2.77 bits per heavy atom. The SMILES string of the molecule is Cc1nn(C)c(Cl)c1/C=C/C(=O)Nc1nc(-c2ccc(F)c(F)c2)cs1. The van der Waals surface area contributed by atoms with E-state index >= 15 is 0 Å². The van der Waals surface area contributed by atoms with E-state index in [2.05, 4.69) is 15.4 Å². The molecule has 134 valence electrons. The fourth-order valence-electron chi connectivity index (χ4n) is 2.26. The summed E-state index contributed by atoms with van der Waals surface area (Å²) in [5.74, 6) is -2.27. The number of amides is 1. The van der Waals surface area contributed by atoms with Crippen LogP contribution >= 0.6 is 22.9 Å². The Hall–Kier alpha value is -2.58. The van der Waals surface area contributed by atoms with E-state index in [1.807, 2.05) is 0 Å². The Morgan fingerprint density at radius 1 is 1.35 bits per heavy atom. The Morgan fingerprint density at radius 2 is 2.12 bits per heavy atom. The van der Waals surface area contributed by atoms with Crippen molar-refractivity contribution in [3.05, 3.63) is 57.7 Å². The van der Waals surface area contributed by atoms with E-state index < -0.39 is 17.5 Å². The van der Waals surface area contributed by atoms with Gasteiger partial charge in [0.1, 0.15) is 5.15 Å². The monoisotopic (exact) mass is 394 g/mol. The Labute approximate surface area is 156 Å². The molecule has 2 aromatic heterocycles. The van der Waals surface area contributed by atoms with Gasteiger partial charge in [0, 0.05) is 29.6 Å². The highest BCUT2D eigenvalue weighted by Crippen LogP contribution is 2.26. The number of carbonyl (C=O) groups is 1. The van der Waals surface area contributed by atoms with Crippen molar-refractivity contribution >= 4 is 40.1 Å². The highest BCUT2D eigenvalue weighted by Gasteiger charge is 2.11. The third kappa shape index (κ3) is 3.81. The molecule has 0 aliphatic carbocycles. The van der Waals surface area contributed by atoms with Crippen molar-refractivity contribution in [3.63, 3.8) is 0 Å². The Bertz CT molecular complexity index is 1010. The van der Waals surface area contributed by atoms with E-state index in [0.717, 1.165) is 12.1 Å². The fraction of sp³-hybridized carbons (Fsp3) is 0.118. The van der Waals surface area contributed by atoms with Crippen LogP contribution in [0.4, 0.5) is 13.9 Å². The summed E-state index contributed by atoms with van der Waals surface area (Å²) in [7, 11) is 1.71. The number of rotatable bonds is 4. The summed E-state index contributed by atoms with van der Waals surface area (Å²) in [5.41, 5.74) is 2.23. The Kier molecular flexibility index (Phi) is 5.15. The zero-order chi connectivity index (χ0) is 18.8. The third-order valence-electron chi connectivity index (χ3n) is 3.55. The van der Waals surface area contributed by atoms with Gasteiger partial charge in [-0.2, -0.15) is 5.10 Å². The normalized spacial score (nSPS) is 11.3. The van der Waals surface area contributed by atoms with Crippen LogP contribution in [0.15, 0.2) is 29.7 Å². The first-order chi connectivity index (χ1) is 12.3. The number of halogens is 3. The van der Waals surface area contributed by atoms with Crippen LogP contribution in [0.25, 0.3) is 17.3 Å². The van der Waals surface area contributed by atoms with Gasteiger partial charge in [-0.1, -0.05) is 11.6 Å². The molecule has 26 heavy (non-hydrogen) atoms. The van der Waals surface area contributed by atoms with Gasteiger partial charge in [0.15, 0.2) is 16.8 Å². The summed E-state index contributed by atoms with van der Waals surface area (Å²) in [6.45, 7) is 1.79. The number of aryl methyl sites for hydroxylation is 2. The summed E-state index contributed by atoms with van der Waals surface area (Å²) in [6.07, 6.45) is 2.90. The van der Waals surface area contributed by atoms with Gasteiger partial charge in [0.25, 0.3) is 0 Å². The van der Waals surface area contributed by atoms with E-state index in [4.69, 9.17) is 11.6 Å². The first kappa shape index (κ1) is 18.2. The molecule has 1 N–H and O–H groups in total. The van der Waals surface area contributed by atoms with Gasteiger partial charge >= 0.3 is 0 Å². The average molecular weight is 395 g/mol. The van der Waals surface area contributed by atoms with Gasteiger partial charge in [-0.3, -0.25) is 14.8 Å². The molecule has 0 fully saturated rings. The molecule has 5 nitrogen and oxygen atoms in total. The minimum Gasteiger partial charge on any atom is -0.298 e. The van der Waals surface area contributed by atoms with E-state index in [9.17, 15) is 13.6 Å². The van der Waals surface area contributed by atoms with Gasteiger partial charge in [-0.15, -0.1) is 11.3 Å². The van der Waals surface area contributed by atoms with Gasteiger partial charge in [0.2, 0.25) is 5.91 Å². The summed E-state index contributed by atoms with van der Waals surface area (Å²) >= 11 is 7.28. The quantitative estimate of drug-likeness (QED) is 0.666. The molecule has 0 saturated heterocycles. The lowest BCUT2D eigenvalue weighted by molar-refractivity contribution is -0.111. The Balaban J connectivity index is 1.71. The van der Waals surface area contributed by atoms with Gasteiger partial charge < -0.3 is 0 Å². The van der Waals surface area contributed by atoms with Gasteiger partial charge in [-0.05, 0) is 31.2 Å². The molecule has 0 aliphatic heterocycles. The van der Waals surface area contributed by atoms with E-state index in [-0.39, 0.29) is 0 Å². The lowest BCUT2D eigenvalue weighted by Gasteiger charge is -1.98. The lowest BCUT2D eigenvalue weighted by Crippen LogP contribution is -2.07. The molecule has 0 radical (unpaired) electrons. The summed E-state index contributed by atoms with van der Waals surface area (Å²) < 4.78 is 27.8. The van der Waals surface area contributed by atoms with E-state index in [1.54, 1.807) is 25.4 Å². The van der Waals surface area contributed by atoms with Gasteiger partial charge in [0.05, 0.1) is 11.4 Å². The van der Waals surface area contributed by atoms with Crippen LogP contribution in [0.3, 0.4) is 0 Å². The first-order valence-corrected chi connectivity index (χ1v) is 8.70. The number of nitrogens with zero attached hydrogens (tertiary/aromatic N) is 3. The highest BCUT2D eigenvalue weighted by molar-refractivity contribution is 7.14. The molecule has 9 heteroatoms. The molecule has 0 aliphatic rings. The van der Waals surface area contributed by atoms with Crippen molar-refractivity contribution < 1.29 is 13.6 Å². The van der Waals surface area contributed by atoms with Crippen molar-refractivity contribution in [1.82, 2.24) is 14.8 Å². The van der Waals surface area contributed by atoms with Crippen molar-refractivity contribution in [2.24, 2.45) is 7.05 Å². The fourth-order valence-corrected chi connectivity index (χ4v) is 3.22. The molecule has 1 amide bonds.